The maximum absolute atomic E-state index is 11.8. The first-order valence-electron chi connectivity index (χ1n) is 4.91. The molecular formula is C8H15F3N4O. The van der Waals surface area contributed by atoms with Crippen molar-refractivity contribution in [2.45, 2.75) is 6.18 Å². The van der Waals surface area contributed by atoms with Crippen LogP contribution in [-0.4, -0.2) is 61.9 Å². The molecule has 0 aromatic heterocycles. The zero-order valence-corrected chi connectivity index (χ0v) is 8.97. The normalized spacial score (nSPS) is 19.5. The molecule has 1 saturated heterocycles. The van der Waals surface area contributed by atoms with Gasteiger partial charge in [0.25, 0.3) is 0 Å². The van der Waals surface area contributed by atoms with Gasteiger partial charge in [-0.1, -0.05) is 0 Å². The molecule has 0 radical (unpaired) electrons. The summed E-state index contributed by atoms with van der Waals surface area (Å²) < 4.78 is 35.3. The fraction of sp³-hybridized carbons (Fsp3) is 0.875. The first-order chi connectivity index (χ1) is 7.37. The summed E-state index contributed by atoms with van der Waals surface area (Å²) in [5.74, 6) is 0. The van der Waals surface area contributed by atoms with Crippen molar-refractivity contribution in [2.75, 3.05) is 39.8 Å². The Bertz CT molecular complexity index is 238. The number of nitrogens with zero attached hydrogens (tertiary/aromatic N) is 2. The Kier molecular flexibility index (Phi) is 4.36. The summed E-state index contributed by atoms with van der Waals surface area (Å²) in [4.78, 5) is 13.1. The lowest BCUT2D eigenvalue weighted by molar-refractivity contribution is -0.123. The second-order valence-electron chi connectivity index (χ2n) is 3.70. The fourth-order valence-corrected chi connectivity index (χ4v) is 1.28. The van der Waals surface area contributed by atoms with Crippen LogP contribution in [-0.2, 0) is 0 Å². The van der Waals surface area contributed by atoms with Gasteiger partial charge in [0.2, 0.25) is 0 Å². The van der Waals surface area contributed by atoms with Crippen LogP contribution in [0.15, 0.2) is 0 Å². The zero-order chi connectivity index (χ0) is 12.2. The fourth-order valence-electron chi connectivity index (χ4n) is 1.28. The molecule has 0 bridgehead atoms. The van der Waals surface area contributed by atoms with E-state index in [1.165, 1.54) is 0 Å². The largest absolute Gasteiger partial charge is 0.405 e. The van der Waals surface area contributed by atoms with Crippen LogP contribution in [0.25, 0.3) is 0 Å². The van der Waals surface area contributed by atoms with Gasteiger partial charge in [-0.15, -0.1) is 0 Å². The van der Waals surface area contributed by atoms with Crippen LogP contribution in [0.1, 0.15) is 0 Å². The number of hydrogen-bond acceptors (Lipinski definition) is 3. The molecule has 2 N–H and O–H groups in total. The van der Waals surface area contributed by atoms with Crippen molar-refractivity contribution in [3.05, 3.63) is 0 Å². The minimum absolute atomic E-state index is 0.607. The van der Waals surface area contributed by atoms with E-state index in [1.54, 1.807) is 10.3 Å². The predicted molar refractivity (Wildman–Crippen MR) is 51.7 cm³/mol. The van der Waals surface area contributed by atoms with Gasteiger partial charge in [-0.3, -0.25) is 5.43 Å². The van der Waals surface area contributed by atoms with Crippen molar-refractivity contribution in [2.24, 2.45) is 0 Å². The number of hydrazine groups is 1. The molecule has 1 aliphatic heterocycles. The Morgan fingerprint density at radius 3 is 2.31 bits per heavy atom. The molecule has 0 unspecified atom stereocenters. The predicted octanol–water partition coefficient (Wildman–Crippen LogP) is 0.0103. The molecule has 0 aliphatic carbocycles. The van der Waals surface area contributed by atoms with Crippen LogP contribution in [0.4, 0.5) is 18.0 Å². The van der Waals surface area contributed by atoms with E-state index >= 15 is 0 Å². The summed E-state index contributed by atoms with van der Waals surface area (Å²) >= 11 is 0. The average molecular weight is 240 g/mol. The van der Waals surface area contributed by atoms with E-state index in [-0.39, 0.29) is 0 Å². The molecular weight excluding hydrogens is 225 g/mol. The Labute approximate surface area is 91.5 Å². The van der Waals surface area contributed by atoms with E-state index < -0.39 is 18.8 Å². The number of carbonyl (C=O) groups excluding carboxylic acids is 1. The smallest absolute Gasteiger partial charge is 0.328 e. The van der Waals surface area contributed by atoms with E-state index in [0.717, 1.165) is 13.1 Å². The summed E-state index contributed by atoms with van der Waals surface area (Å²) in [5, 5.41) is 3.35. The highest BCUT2D eigenvalue weighted by atomic mass is 19.4. The lowest BCUT2D eigenvalue weighted by atomic mass is 10.4. The van der Waals surface area contributed by atoms with Crippen molar-refractivity contribution in [3.8, 4) is 0 Å². The van der Waals surface area contributed by atoms with Gasteiger partial charge < -0.3 is 10.2 Å². The number of carbonyl (C=O) groups is 1. The molecule has 16 heavy (non-hydrogen) atoms. The average Bonchev–Trinajstić information content (AvgIpc) is 2.18. The highest BCUT2D eigenvalue weighted by Gasteiger charge is 2.28. The monoisotopic (exact) mass is 240 g/mol. The molecule has 0 atom stereocenters. The zero-order valence-electron chi connectivity index (χ0n) is 8.97. The Hall–Kier alpha value is -1.02. The maximum Gasteiger partial charge on any atom is 0.405 e. The third-order valence-corrected chi connectivity index (χ3v) is 2.21. The maximum atomic E-state index is 11.8. The molecule has 0 spiro atoms. The molecule has 1 rings (SSSR count). The summed E-state index contributed by atoms with van der Waals surface area (Å²) in [7, 11) is 1.95. The van der Waals surface area contributed by atoms with Gasteiger partial charge in [0, 0.05) is 26.2 Å². The SMILES string of the molecule is CN1CCN(NC(=O)NCC(F)(F)F)CC1. The molecule has 1 heterocycles. The van der Waals surface area contributed by atoms with Gasteiger partial charge in [-0.25, -0.2) is 9.80 Å². The molecule has 0 aromatic rings. The van der Waals surface area contributed by atoms with Crippen molar-refractivity contribution in [1.29, 1.82) is 0 Å². The van der Waals surface area contributed by atoms with Gasteiger partial charge in [-0.2, -0.15) is 13.2 Å². The van der Waals surface area contributed by atoms with Crippen LogP contribution in [0.3, 0.4) is 0 Å². The standard InChI is InChI=1S/C8H15F3N4O/c1-14-2-4-15(5-3-14)13-7(16)12-6-8(9,10)11/h2-6H2,1H3,(H2,12,13,16). The number of rotatable bonds is 2. The van der Waals surface area contributed by atoms with Crippen LogP contribution in [0.2, 0.25) is 0 Å². The second kappa shape index (κ2) is 5.35. The molecule has 94 valence electrons. The minimum atomic E-state index is -4.38. The van der Waals surface area contributed by atoms with Gasteiger partial charge >= 0.3 is 12.2 Å². The number of alkyl halides is 3. The first kappa shape index (κ1) is 13.0. The Morgan fingerprint density at radius 2 is 1.81 bits per heavy atom. The van der Waals surface area contributed by atoms with Gasteiger partial charge in [-0.05, 0) is 7.05 Å². The molecule has 1 fully saturated rings. The lowest BCUT2D eigenvalue weighted by Crippen LogP contribution is -2.55. The minimum Gasteiger partial charge on any atom is -0.328 e. The highest BCUT2D eigenvalue weighted by Crippen LogP contribution is 2.11. The van der Waals surface area contributed by atoms with Gasteiger partial charge in [0.15, 0.2) is 0 Å². The first-order valence-corrected chi connectivity index (χ1v) is 4.91. The third kappa shape index (κ3) is 5.17. The molecule has 8 heteroatoms. The summed E-state index contributed by atoms with van der Waals surface area (Å²) in [6.07, 6.45) is -4.38. The summed E-state index contributed by atoms with van der Waals surface area (Å²) in [6.45, 7) is 1.46. The molecule has 0 saturated carbocycles. The van der Waals surface area contributed by atoms with Gasteiger partial charge in [0.05, 0.1) is 0 Å². The molecule has 0 aromatic carbocycles. The number of halogens is 3. The number of likely N-dealkylation sites (N-methyl/N-ethyl adjacent to an activating group) is 1. The Balaban J connectivity index is 2.19. The third-order valence-electron chi connectivity index (χ3n) is 2.21. The van der Waals surface area contributed by atoms with Crippen molar-refractivity contribution in [1.82, 2.24) is 20.7 Å². The van der Waals surface area contributed by atoms with Crippen LogP contribution < -0.4 is 10.7 Å². The number of piperazine rings is 1. The summed E-state index contributed by atoms with van der Waals surface area (Å²) in [6, 6.07) is -0.818. The van der Waals surface area contributed by atoms with Gasteiger partial charge in [0.1, 0.15) is 6.54 Å². The van der Waals surface area contributed by atoms with Crippen molar-refractivity contribution < 1.29 is 18.0 Å². The quantitative estimate of drug-likeness (QED) is 0.715. The topological polar surface area (TPSA) is 47.6 Å². The lowest BCUT2D eigenvalue weighted by Gasteiger charge is -2.32. The highest BCUT2D eigenvalue weighted by molar-refractivity contribution is 5.73. The van der Waals surface area contributed by atoms with E-state index in [1.807, 2.05) is 7.05 Å². The van der Waals surface area contributed by atoms with E-state index in [4.69, 9.17) is 0 Å². The van der Waals surface area contributed by atoms with Crippen molar-refractivity contribution >= 4 is 6.03 Å². The number of hydrogen-bond donors (Lipinski definition) is 2. The van der Waals surface area contributed by atoms with Crippen LogP contribution in [0.5, 0.6) is 0 Å². The number of nitrogens with one attached hydrogen (secondary N) is 2. The number of amides is 2. The van der Waals surface area contributed by atoms with E-state index in [9.17, 15) is 18.0 Å². The van der Waals surface area contributed by atoms with Crippen molar-refractivity contribution in [3.63, 3.8) is 0 Å². The summed E-state index contributed by atoms with van der Waals surface area (Å²) in [5.41, 5.74) is 2.37. The van der Waals surface area contributed by atoms with Crippen LogP contribution in [0, 0.1) is 0 Å². The molecule has 5 nitrogen and oxygen atoms in total. The second-order valence-corrected chi connectivity index (χ2v) is 3.70. The molecule has 2 amide bonds. The van der Waals surface area contributed by atoms with E-state index in [0.29, 0.717) is 13.1 Å². The van der Waals surface area contributed by atoms with Crippen LogP contribution >= 0.6 is 0 Å². The number of urea groups is 1. The molecule has 1 aliphatic rings. The Morgan fingerprint density at radius 1 is 1.25 bits per heavy atom. The van der Waals surface area contributed by atoms with E-state index in [2.05, 4.69) is 10.3 Å².